The standard InChI is InChI=1S/C30H39ClN4O6/c1-6-8-16-32-29(38)40-20(4)35(21(5)41-30(39)33-17-9-7-2)26-18-22(31)14-15-23(26)19(3)34-27(36)24-12-10-11-13-25(24)28(34)37/h10-15,18-21H,6-9,16-17H2,1-5H3,(H,32,38)(H,33,39). The van der Waals surface area contributed by atoms with Gasteiger partial charge in [0, 0.05) is 23.8 Å². The van der Waals surface area contributed by atoms with E-state index in [1.54, 1.807) is 68.1 Å². The van der Waals surface area contributed by atoms with E-state index in [-0.39, 0.29) is 0 Å². The van der Waals surface area contributed by atoms with Gasteiger partial charge in [0.25, 0.3) is 11.8 Å². The minimum Gasteiger partial charge on any atom is -0.426 e. The van der Waals surface area contributed by atoms with Crippen molar-refractivity contribution in [1.29, 1.82) is 0 Å². The number of ether oxygens (including phenoxy) is 2. The van der Waals surface area contributed by atoms with Gasteiger partial charge in [-0.3, -0.25) is 14.5 Å². The summed E-state index contributed by atoms with van der Waals surface area (Å²) in [6.45, 7) is 9.95. The fourth-order valence-corrected chi connectivity index (χ4v) is 4.89. The number of rotatable bonds is 13. The van der Waals surface area contributed by atoms with Crippen LogP contribution in [0.1, 0.15) is 92.6 Å². The van der Waals surface area contributed by atoms with Crippen LogP contribution in [-0.2, 0) is 9.47 Å². The van der Waals surface area contributed by atoms with Crippen molar-refractivity contribution < 1.29 is 28.7 Å². The number of hydrogen-bond donors (Lipinski definition) is 2. The van der Waals surface area contributed by atoms with Crippen LogP contribution in [0, 0.1) is 0 Å². The van der Waals surface area contributed by atoms with E-state index >= 15 is 0 Å². The van der Waals surface area contributed by atoms with Crippen LogP contribution in [0.4, 0.5) is 15.3 Å². The molecule has 1 heterocycles. The molecular formula is C30H39ClN4O6. The first-order chi connectivity index (χ1) is 19.6. The van der Waals surface area contributed by atoms with E-state index in [0.29, 0.717) is 40.5 Å². The van der Waals surface area contributed by atoms with Gasteiger partial charge in [0.15, 0.2) is 12.5 Å². The number of carbonyl (C=O) groups excluding carboxylic acids is 4. The Labute approximate surface area is 246 Å². The number of alkyl carbamates (subject to hydrolysis) is 2. The Morgan fingerprint density at radius 3 is 1.80 bits per heavy atom. The van der Waals surface area contributed by atoms with Crippen molar-refractivity contribution in [1.82, 2.24) is 15.5 Å². The van der Waals surface area contributed by atoms with Gasteiger partial charge in [-0.2, -0.15) is 0 Å². The summed E-state index contributed by atoms with van der Waals surface area (Å²) in [5.41, 5.74) is 1.65. The highest BCUT2D eigenvalue weighted by atomic mass is 35.5. The molecule has 2 aromatic carbocycles. The molecule has 222 valence electrons. The maximum atomic E-state index is 13.3. The molecular weight excluding hydrogens is 548 g/mol. The monoisotopic (exact) mass is 586 g/mol. The molecule has 0 fully saturated rings. The number of anilines is 1. The van der Waals surface area contributed by atoms with Gasteiger partial charge < -0.3 is 25.0 Å². The van der Waals surface area contributed by atoms with Crippen LogP contribution >= 0.6 is 11.6 Å². The van der Waals surface area contributed by atoms with Gasteiger partial charge in [-0.15, -0.1) is 0 Å². The number of carbonyl (C=O) groups is 4. The lowest BCUT2D eigenvalue weighted by Gasteiger charge is -2.38. The zero-order valence-corrected chi connectivity index (χ0v) is 25.0. The molecule has 1 aliphatic heterocycles. The number of unbranched alkanes of at least 4 members (excludes halogenated alkanes) is 2. The molecule has 1 aliphatic rings. The van der Waals surface area contributed by atoms with Crippen molar-refractivity contribution in [2.75, 3.05) is 18.0 Å². The summed E-state index contributed by atoms with van der Waals surface area (Å²) in [6, 6.07) is 10.9. The zero-order chi connectivity index (χ0) is 30.1. The average molecular weight is 587 g/mol. The third-order valence-electron chi connectivity index (χ3n) is 6.87. The molecule has 3 unspecified atom stereocenters. The average Bonchev–Trinajstić information content (AvgIpc) is 3.18. The van der Waals surface area contributed by atoms with E-state index in [4.69, 9.17) is 21.1 Å². The largest absolute Gasteiger partial charge is 0.426 e. The van der Waals surface area contributed by atoms with Gasteiger partial charge in [-0.1, -0.05) is 56.5 Å². The Balaban J connectivity index is 1.98. The fourth-order valence-electron chi connectivity index (χ4n) is 4.72. The molecule has 3 atom stereocenters. The lowest BCUT2D eigenvalue weighted by atomic mass is 10.0. The Kier molecular flexibility index (Phi) is 11.4. The van der Waals surface area contributed by atoms with E-state index in [2.05, 4.69) is 10.6 Å². The Morgan fingerprint density at radius 1 is 0.854 bits per heavy atom. The lowest BCUT2D eigenvalue weighted by Crippen LogP contribution is -2.48. The number of imide groups is 1. The summed E-state index contributed by atoms with van der Waals surface area (Å²) in [5.74, 6) is -0.825. The van der Waals surface area contributed by atoms with Crippen LogP contribution in [0.3, 0.4) is 0 Å². The van der Waals surface area contributed by atoms with Crippen molar-refractivity contribution in [2.45, 2.75) is 78.8 Å². The van der Waals surface area contributed by atoms with E-state index in [9.17, 15) is 19.2 Å². The molecule has 0 aliphatic carbocycles. The minimum atomic E-state index is -0.929. The van der Waals surface area contributed by atoms with Crippen LogP contribution in [0.2, 0.25) is 5.02 Å². The number of fused-ring (bicyclic) bond motifs is 1. The van der Waals surface area contributed by atoms with E-state index < -0.39 is 42.5 Å². The highest BCUT2D eigenvalue weighted by molar-refractivity contribution is 6.31. The number of amides is 4. The van der Waals surface area contributed by atoms with Crippen molar-refractivity contribution in [2.24, 2.45) is 0 Å². The summed E-state index contributed by atoms with van der Waals surface area (Å²) in [4.78, 5) is 54.5. The fraction of sp³-hybridized carbons (Fsp3) is 0.467. The molecule has 0 bridgehead atoms. The van der Waals surface area contributed by atoms with Crippen LogP contribution in [0.5, 0.6) is 0 Å². The number of hydrogen-bond acceptors (Lipinski definition) is 7. The van der Waals surface area contributed by atoms with Crippen molar-refractivity contribution in [3.8, 4) is 0 Å². The molecule has 0 saturated heterocycles. The Hall–Kier alpha value is -3.79. The zero-order valence-electron chi connectivity index (χ0n) is 24.2. The van der Waals surface area contributed by atoms with Crippen LogP contribution < -0.4 is 15.5 Å². The van der Waals surface area contributed by atoms with Gasteiger partial charge >= 0.3 is 12.2 Å². The molecule has 11 heteroatoms. The molecule has 4 amide bonds. The van der Waals surface area contributed by atoms with Gasteiger partial charge in [-0.05, 0) is 63.4 Å². The quantitative estimate of drug-likeness (QED) is 0.162. The second-order valence-electron chi connectivity index (χ2n) is 9.88. The van der Waals surface area contributed by atoms with E-state index in [1.807, 2.05) is 13.8 Å². The Bertz CT molecular complexity index is 1190. The van der Waals surface area contributed by atoms with Gasteiger partial charge in [0.1, 0.15) is 0 Å². The molecule has 0 aromatic heterocycles. The number of benzene rings is 2. The van der Waals surface area contributed by atoms with Crippen LogP contribution in [0.15, 0.2) is 42.5 Å². The number of nitrogens with one attached hydrogen (secondary N) is 2. The van der Waals surface area contributed by atoms with Crippen molar-refractivity contribution in [3.05, 3.63) is 64.2 Å². The topological polar surface area (TPSA) is 117 Å². The van der Waals surface area contributed by atoms with Crippen LogP contribution in [0.25, 0.3) is 0 Å². The normalized spacial score (nSPS) is 14.6. The first kappa shape index (κ1) is 31.7. The molecule has 0 spiro atoms. The minimum absolute atomic E-state index is 0.331. The molecule has 3 rings (SSSR count). The van der Waals surface area contributed by atoms with Crippen molar-refractivity contribution >= 4 is 41.3 Å². The maximum Gasteiger partial charge on any atom is 0.409 e. The summed E-state index contributed by atoms with van der Waals surface area (Å²) in [7, 11) is 0. The Morgan fingerprint density at radius 2 is 1.34 bits per heavy atom. The highest BCUT2D eigenvalue weighted by Gasteiger charge is 2.40. The van der Waals surface area contributed by atoms with Gasteiger partial charge in [0.05, 0.1) is 17.2 Å². The summed E-state index contributed by atoms with van der Waals surface area (Å²) in [6.07, 6.45) is 0.272. The molecule has 10 nitrogen and oxygen atoms in total. The maximum absolute atomic E-state index is 13.3. The number of nitrogens with zero attached hydrogens (tertiary/aromatic N) is 2. The smallest absolute Gasteiger partial charge is 0.409 e. The summed E-state index contributed by atoms with van der Waals surface area (Å²) in [5, 5.41) is 5.80. The van der Waals surface area contributed by atoms with E-state index in [1.165, 1.54) is 4.90 Å². The molecule has 2 N–H and O–H groups in total. The molecule has 0 saturated carbocycles. The first-order valence-electron chi connectivity index (χ1n) is 14.0. The third-order valence-corrected chi connectivity index (χ3v) is 7.11. The predicted octanol–water partition coefficient (Wildman–Crippen LogP) is 6.25. The predicted molar refractivity (Wildman–Crippen MR) is 157 cm³/mol. The molecule has 0 radical (unpaired) electrons. The summed E-state index contributed by atoms with van der Waals surface area (Å²) < 4.78 is 11.4. The SMILES string of the molecule is CCCCNC(=O)OC(C)N(c1cc(Cl)ccc1C(C)N1C(=O)c2ccccc2C1=O)C(C)OC(=O)NCCCC. The highest BCUT2D eigenvalue weighted by Crippen LogP contribution is 2.38. The number of halogens is 1. The molecule has 2 aromatic rings. The molecule has 41 heavy (non-hydrogen) atoms. The van der Waals surface area contributed by atoms with Gasteiger partial charge in [0.2, 0.25) is 0 Å². The third kappa shape index (κ3) is 7.70. The van der Waals surface area contributed by atoms with Crippen molar-refractivity contribution in [3.63, 3.8) is 0 Å². The van der Waals surface area contributed by atoms with Gasteiger partial charge in [-0.25, -0.2) is 9.59 Å². The lowest BCUT2D eigenvalue weighted by molar-refractivity contribution is 0.0550. The van der Waals surface area contributed by atoms with E-state index in [0.717, 1.165) is 25.7 Å². The van der Waals surface area contributed by atoms with Crippen LogP contribution in [-0.4, -0.2) is 54.4 Å². The second-order valence-corrected chi connectivity index (χ2v) is 10.3. The summed E-state index contributed by atoms with van der Waals surface area (Å²) >= 11 is 6.43. The first-order valence-corrected chi connectivity index (χ1v) is 14.4. The second kappa shape index (κ2) is 14.7.